The molecule has 0 saturated carbocycles. The number of amides is 3. The van der Waals surface area contributed by atoms with Crippen molar-refractivity contribution in [3.8, 4) is 0 Å². The number of nitrogens with one attached hydrogen (secondary N) is 1. The van der Waals surface area contributed by atoms with E-state index in [-0.39, 0.29) is 49.3 Å². The Bertz CT molecular complexity index is 1970. The number of halogens is 7. The van der Waals surface area contributed by atoms with Crippen LogP contribution in [0.5, 0.6) is 0 Å². The fraction of sp³-hybridized carbons (Fsp3) is 0.439. The van der Waals surface area contributed by atoms with Gasteiger partial charge in [-0.25, -0.2) is 18.8 Å². The van der Waals surface area contributed by atoms with E-state index >= 15 is 0 Å². The monoisotopic (exact) mass is 839 g/mol. The third-order valence-electron chi connectivity index (χ3n) is 10.7. The summed E-state index contributed by atoms with van der Waals surface area (Å²) in [7, 11) is -1.45. The van der Waals surface area contributed by atoms with Crippen molar-refractivity contribution in [2.45, 2.75) is 102 Å². The van der Waals surface area contributed by atoms with E-state index in [1.165, 1.54) is 36.2 Å². The van der Waals surface area contributed by atoms with Crippen LogP contribution in [0.3, 0.4) is 0 Å². The maximum Gasteiger partial charge on any atom is 0.416 e. The Morgan fingerprint density at radius 3 is 2.09 bits per heavy atom. The maximum absolute atomic E-state index is 14.4. The van der Waals surface area contributed by atoms with Crippen LogP contribution in [0.25, 0.3) is 0 Å². The minimum atomic E-state index is -5.10. The second-order valence-corrected chi connectivity index (χ2v) is 20.8. The number of carboxylic acid groups (broad SMARTS) is 1. The first-order valence-electron chi connectivity index (χ1n) is 18.4. The number of benzene rings is 3. The Morgan fingerprint density at radius 1 is 0.948 bits per heavy atom. The van der Waals surface area contributed by atoms with Crippen LogP contribution in [0.1, 0.15) is 79.5 Å². The number of urea groups is 1. The fourth-order valence-corrected chi connectivity index (χ4v) is 7.50. The molecule has 4 rings (SSSR count). The number of nitrogens with zero attached hydrogens (tertiary/aromatic N) is 2. The van der Waals surface area contributed by atoms with Crippen molar-refractivity contribution in [3.63, 3.8) is 0 Å². The molecule has 0 aromatic heterocycles. The Kier molecular flexibility index (Phi) is 13.7. The number of carbonyl (C=O) groups excluding carboxylic acids is 2. The smallest absolute Gasteiger partial charge is 0.416 e. The summed E-state index contributed by atoms with van der Waals surface area (Å²) in [6.45, 7) is 10.3. The number of piperidine rings is 1. The van der Waals surface area contributed by atoms with E-state index in [0.29, 0.717) is 28.8 Å². The zero-order chi connectivity index (χ0) is 43.4. The van der Waals surface area contributed by atoms with Gasteiger partial charge in [-0.1, -0.05) is 57.2 Å². The summed E-state index contributed by atoms with van der Waals surface area (Å²) < 4.78 is 108. The fourth-order valence-electron chi connectivity index (χ4n) is 6.48. The number of carbonyl (C=O) groups is 3. The van der Waals surface area contributed by atoms with Gasteiger partial charge in [-0.2, -0.15) is 26.3 Å². The number of alkyl carbamates (subject to hydrolysis) is 1. The first-order chi connectivity index (χ1) is 26.7. The van der Waals surface area contributed by atoms with E-state index in [0.717, 1.165) is 4.90 Å². The van der Waals surface area contributed by atoms with Gasteiger partial charge in [0.15, 0.2) is 5.76 Å². The summed E-state index contributed by atoms with van der Waals surface area (Å²) in [4.78, 5) is 42.6. The molecule has 0 spiro atoms. The van der Waals surface area contributed by atoms with Crippen molar-refractivity contribution in [3.05, 3.63) is 118 Å². The van der Waals surface area contributed by atoms with E-state index in [1.807, 2.05) is 33.9 Å². The number of hydrogen-bond donors (Lipinski definition) is 2. The molecule has 1 aliphatic rings. The molecule has 0 bridgehead atoms. The minimum absolute atomic E-state index is 0.00228. The van der Waals surface area contributed by atoms with Gasteiger partial charge in [-0.3, -0.25) is 0 Å². The quantitative estimate of drug-likeness (QED) is 0.0862. The molecule has 1 heterocycles. The summed E-state index contributed by atoms with van der Waals surface area (Å²) in [5.41, 5.74) is -3.26. The summed E-state index contributed by atoms with van der Waals surface area (Å²) in [6.07, 6.45) is -9.90. The van der Waals surface area contributed by atoms with Crippen molar-refractivity contribution in [2.75, 3.05) is 13.6 Å². The number of carboxylic acids is 1. The number of rotatable bonds is 11. The largest absolute Gasteiger partial charge is 0.539 e. The van der Waals surface area contributed by atoms with Crippen LogP contribution in [-0.4, -0.2) is 60.4 Å². The Labute approximate surface area is 333 Å². The van der Waals surface area contributed by atoms with Crippen molar-refractivity contribution in [1.29, 1.82) is 0 Å². The van der Waals surface area contributed by atoms with Gasteiger partial charge in [-0.15, -0.1) is 0 Å². The van der Waals surface area contributed by atoms with Gasteiger partial charge >= 0.3 is 30.4 Å². The minimum Gasteiger partial charge on any atom is -0.539 e. The van der Waals surface area contributed by atoms with Gasteiger partial charge in [0.05, 0.1) is 22.7 Å². The van der Waals surface area contributed by atoms with E-state index in [9.17, 15) is 50.2 Å². The van der Waals surface area contributed by atoms with Crippen LogP contribution in [0.15, 0.2) is 78.6 Å². The third-order valence-corrected chi connectivity index (χ3v) is 15.0. The second kappa shape index (κ2) is 17.4. The molecule has 3 amide bonds. The van der Waals surface area contributed by atoms with Crippen molar-refractivity contribution in [1.82, 2.24) is 15.1 Å². The Morgan fingerprint density at radius 2 is 1.55 bits per heavy atom. The normalized spacial score (nSPS) is 18.1. The second-order valence-electron chi connectivity index (χ2n) is 16.1. The maximum atomic E-state index is 14.4. The standard InChI is InChI=1S/C41H48F7N3O6Si/c1-26-19-31(42)13-14-32(26)33-23-39(49-36(54)56-25-27-11-9-8-10-12-27,16-15-34(35(52)53)57-58(6,7)38(2,3)4)17-18-51(33)37(55)50(5)24-28-20-29(40(43,44)45)22-30(21-28)41(46,47)48/h8-15,19-22,33H,16-18,23-25H2,1-7H3,(H,49,54)(H,52,53)/b34-15+/t33-,39+/m1/s1. The molecule has 0 radical (unpaired) electrons. The van der Waals surface area contributed by atoms with Gasteiger partial charge in [0.2, 0.25) is 0 Å². The van der Waals surface area contributed by atoms with Crippen LogP contribution < -0.4 is 5.32 Å². The lowest BCUT2D eigenvalue weighted by molar-refractivity contribution is -0.143. The molecule has 9 nitrogen and oxygen atoms in total. The number of alkyl halides is 6. The predicted molar refractivity (Wildman–Crippen MR) is 204 cm³/mol. The van der Waals surface area contributed by atoms with Gasteiger partial charge in [-0.05, 0) is 103 Å². The lowest BCUT2D eigenvalue weighted by atomic mass is 9.77. The van der Waals surface area contributed by atoms with Crippen LogP contribution in [0.4, 0.5) is 40.3 Å². The Balaban J connectivity index is 1.75. The first-order valence-corrected chi connectivity index (χ1v) is 21.3. The number of ether oxygens (including phenoxy) is 1. The van der Waals surface area contributed by atoms with Crippen LogP contribution >= 0.6 is 0 Å². The summed E-state index contributed by atoms with van der Waals surface area (Å²) >= 11 is 0. The topological polar surface area (TPSA) is 108 Å². The lowest BCUT2D eigenvalue weighted by Crippen LogP contribution is -2.58. The first kappa shape index (κ1) is 45.6. The predicted octanol–water partition coefficient (Wildman–Crippen LogP) is 10.6. The number of aryl methyl sites for hydroxylation is 1. The number of hydrogen-bond acceptors (Lipinski definition) is 5. The highest BCUT2D eigenvalue weighted by Gasteiger charge is 2.46. The molecule has 1 fully saturated rings. The van der Waals surface area contributed by atoms with E-state index < -0.39 is 79.4 Å². The zero-order valence-electron chi connectivity index (χ0n) is 33.3. The molecule has 3 aromatic rings. The highest BCUT2D eigenvalue weighted by Crippen LogP contribution is 2.43. The van der Waals surface area contributed by atoms with E-state index in [4.69, 9.17) is 9.16 Å². The summed E-state index contributed by atoms with van der Waals surface area (Å²) in [5, 5.41) is 12.8. The molecule has 0 aliphatic carbocycles. The van der Waals surface area contributed by atoms with Crippen LogP contribution in [0.2, 0.25) is 18.1 Å². The van der Waals surface area contributed by atoms with Gasteiger partial charge in [0.25, 0.3) is 8.32 Å². The molecular formula is C41H48F7N3O6Si. The Hall–Kier alpha value is -5.06. The average molecular weight is 840 g/mol. The molecular weight excluding hydrogens is 792 g/mol. The lowest BCUT2D eigenvalue weighted by Gasteiger charge is -2.48. The van der Waals surface area contributed by atoms with Crippen molar-refractivity contribution in [2.24, 2.45) is 0 Å². The SMILES string of the molecule is Cc1cc(F)ccc1[C@H]1C[C@@](C/C=C(/O[Si](C)(C)C(C)(C)C)C(=O)O)(NC(=O)OCc2ccccc2)CCN1C(=O)N(C)Cc1cc(C(F)(F)F)cc(C(F)(F)F)c1. The molecule has 0 unspecified atom stereocenters. The molecule has 1 saturated heterocycles. The van der Waals surface area contributed by atoms with Gasteiger partial charge in [0, 0.05) is 20.1 Å². The van der Waals surface area contributed by atoms with E-state index in [2.05, 4.69) is 5.32 Å². The van der Waals surface area contributed by atoms with Crippen molar-refractivity contribution >= 4 is 26.4 Å². The molecule has 316 valence electrons. The highest BCUT2D eigenvalue weighted by atomic mass is 28.4. The van der Waals surface area contributed by atoms with Crippen LogP contribution in [-0.2, 0) is 39.5 Å². The molecule has 17 heteroatoms. The summed E-state index contributed by atoms with van der Waals surface area (Å²) in [5.74, 6) is -2.25. The number of aliphatic carboxylic acids is 1. The average Bonchev–Trinajstić information content (AvgIpc) is 3.11. The van der Waals surface area contributed by atoms with Gasteiger partial charge < -0.3 is 29.4 Å². The van der Waals surface area contributed by atoms with Crippen LogP contribution in [0, 0.1) is 12.7 Å². The molecule has 2 atom stereocenters. The molecule has 3 aromatic carbocycles. The molecule has 2 N–H and O–H groups in total. The van der Waals surface area contributed by atoms with E-state index in [1.54, 1.807) is 37.3 Å². The summed E-state index contributed by atoms with van der Waals surface area (Å²) in [6, 6.07) is 12.0. The highest BCUT2D eigenvalue weighted by molar-refractivity contribution is 6.74. The number of likely N-dealkylation sites (tertiary alicyclic amines) is 1. The van der Waals surface area contributed by atoms with Crippen molar-refractivity contribution < 1.29 is 59.4 Å². The van der Waals surface area contributed by atoms with Gasteiger partial charge in [0.1, 0.15) is 12.4 Å². The third kappa shape index (κ3) is 11.5. The molecule has 1 aliphatic heterocycles. The molecule has 58 heavy (non-hydrogen) atoms. The zero-order valence-corrected chi connectivity index (χ0v) is 34.3.